The van der Waals surface area contributed by atoms with Crippen LogP contribution in [-0.4, -0.2) is 45.1 Å². The minimum absolute atomic E-state index is 0.0326. The number of methoxy groups -OCH3 is 1. The molecule has 0 saturated carbocycles. The van der Waals surface area contributed by atoms with Crippen molar-refractivity contribution >= 4 is 29.1 Å². The summed E-state index contributed by atoms with van der Waals surface area (Å²) < 4.78 is 61.6. The summed E-state index contributed by atoms with van der Waals surface area (Å²) in [5, 5.41) is 9.50. The average Bonchev–Trinajstić information content (AvgIpc) is 3.48. The van der Waals surface area contributed by atoms with Crippen molar-refractivity contribution in [2.24, 2.45) is 0 Å². The van der Waals surface area contributed by atoms with Crippen LogP contribution < -0.4 is 21.1 Å². The number of hydrogen-bond acceptors (Lipinski definition) is 7. The minimum Gasteiger partial charge on any atom is -0.495 e. The molecule has 232 valence electrons. The lowest BCUT2D eigenvalue weighted by Gasteiger charge is -2.21. The predicted molar refractivity (Wildman–Crippen MR) is 151 cm³/mol. The summed E-state index contributed by atoms with van der Waals surface area (Å²) in [4.78, 5) is 43.4. The molecule has 4 rings (SSSR count). The van der Waals surface area contributed by atoms with E-state index in [9.17, 15) is 31.9 Å². The Kier molecular flexibility index (Phi) is 9.69. The number of hydroxylamine groups is 1. The van der Waals surface area contributed by atoms with E-state index in [1.54, 1.807) is 13.8 Å². The molecule has 2 aromatic carbocycles. The molecule has 0 radical (unpaired) electrons. The van der Waals surface area contributed by atoms with Gasteiger partial charge in [0.15, 0.2) is 5.69 Å². The van der Waals surface area contributed by atoms with E-state index >= 15 is 0 Å². The normalized spacial score (nSPS) is 12.1. The number of halogens is 5. The van der Waals surface area contributed by atoms with Crippen LogP contribution in [0, 0.1) is 5.82 Å². The van der Waals surface area contributed by atoms with E-state index in [1.807, 2.05) is 0 Å². The van der Waals surface area contributed by atoms with Crippen molar-refractivity contribution in [3.8, 4) is 22.6 Å². The molecule has 1 atom stereocenters. The van der Waals surface area contributed by atoms with Gasteiger partial charge < -0.3 is 10.1 Å². The Morgan fingerprint density at radius 1 is 1.07 bits per heavy atom. The maximum atomic E-state index is 14.6. The molecule has 0 fully saturated rings. The molecule has 2 aromatic heterocycles. The zero-order chi connectivity index (χ0) is 32.2. The molecular formula is C28H25ClF4N6O5. The van der Waals surface area contributed by atoms with Gasteiger partial charge in [-0.1, -0.05) is 23.7 Å². The first-order valence-corrected chi connectivity index (χ1v) is 13.4. The van der Waals surface area contributed by atoms with Gasteiger partial charge in [-0.3, -0.25) is 23.8 Å². The number of nitrogens with one attached hydrogen (secondary N) is 2. The van der Waals surface area contributed by atoms with Crippen molar-refractivity contribution in [2.75, 3.05) is 19.0 Å². The number of ether oxygens (including phenoxy) is 1. The number of nitrogens with zero attached hydrogens (tertiary/aromatic N) is 4. The van der Waals surface area contributed by atoms with E-state index in [-0.39, 0.29) is 51.9 Å². The first-order valence-electron chi connectivity index (χ1n) is 13.0. The topological polar surface area (TPSA) is 129 Å². The van der Waals surface area contributed by atoms with Gasteiger partial charge in [-0.2, -0.15) is 13.2 Å². The number of hydrogen-bond donors (Lipinski definition) is 2. The molecule has 16 heteroatoms. The Hall–Kier alpha value is -4.76. The molecule has 11 nitrogen and oxygen atoms in total. The van der Waals surface area contributed by atoms with Crippen LogP contribution in [0.5, 0.6) is 5.75 Å². The highest BCUT2D eigenvalue weighted by atomic mass is 35.5. The molecule has 2 heterocycles. The summed E-state index contributed by atoms with van der Waals surface area (Å²) in [5.41, 5.74) is 0.420. The third-order valence-electron chi connectivity index (χ3n) is 6.36. The van der Waals surface area contributed by atoms with E-state index in [4.69, 9.17) is 21.2 Å². The van der Waals surface area contributed by atoms with E-state index in [1.165, 1.54) is 43.6 Å². The van der Waals surface area contributed by atoms with E-state index < -0.39 is 41.1 Å². The molecule has 2 amide bonds. The summed E-state index contributed by atoms with van der Waals surface area (Å²) >= 11 is 6.19. The van der Waals surface area contributed by atoms with Crippen molar-refractivity contribution in [3.63, 3.8) is 0 Å². The second kappa shape index (κ2) is 13.3. The molecule has 44 heavy (non-hydrogen) atoms. The van der Waals surface area contributed by atoms with Gasteiger partial charge in [0.1, 0.15) is 17.6 Å². The van der Waals surface area contributed by atoms with Crippen LogP contribution in [0.2, 0.25) is 5.02 Å². The van der Waals surface area contributed by atoms with Gasteiger partial charge >= 0.3 is 6.18 Å². The number of aromatic nitrogens is 4. The molecule has 0 spiro atoms. The molecule has 4 aromatic rings. The van der Waals surface area contributed by atoms with E-state index in [2.05, 4.69) is 21.1 Å². The fourth-order valence-electron chi connectivity index (χ4n) is 4.28. The highest BCUT2D eigenvalue weighted by Crippen LogP contribution is 2.36. The quantitative estimate of drug-likeness (QED) is 0.181. The first kappa shape index (κ1) is 32.2. The SMILES string of the molecule is CCONC(=O)c1ccc(NC(=O)[C@H](CC)n2cc(OC)c(-c3cc(Cl)ccc3-n3cc(C(F)(F)F)nn3)cc2=O)cc1F. The van der Waals surface area contributed by atoms with Gasteiger partial charge in [0.2, 0.25) is 5.91 Å². The van der Waals surface area contributed by atoms with Crippen molar-refractivity contribution in [1.82, 2.24) is 25.0 Å². The van der Waals surface area contributed by atoms with Crippen LogP contribution >= 0.6 is 11.6 Å². The number of rotatable bonds is 10. The summed E-state index contributed by atoms with van der Waals surface area (Å²) in [6.07, 6.45) is -2.63. The maximum Gasteiger partial charge on any atom is 0.436 e. The van der Waals surface area contributed by atoms with E-state index in [0.29, 0.717) is 6.20 Å². The summed E-state index contributed by atoms with van der Waals surface area (Å²) in [6.45, 7) is 3.46. The maximum absolute atomic E-state index is 14.6. The number of anilines is 1. The van der Waals surface area contributed by atoms with Crippen molar-refractivity contribution in [1.29, 1.82) is 0 Å². The van der Waals surface area contributed by atoms with Crippen LogP contribution in [0.4, 0.5) is 23.2 Å². The monoisotopic (exact) mass is 636 g/mol. The molecule has 2 N–H and O–H groups in total. The molecule has 0 aliphatic carbocycles. The smallest absolute Gasteiger partial charge is 0.436 e. The fourth-order valence-corrected chi connectivity index (χ4v) is 4.46. The van der Waals surface area contributed by atoms with Gasteiger partial charge in [-0.25, -0.2) is 14.6 Å². The Morgan fingerprint density at radius 2 is 1.82 bits per heavy atom. The number of amides is 2. The lowest BCUT2D eigenvalue weighted by atomic mass is 10.0. The van der Waals surface area contributed by atoms with Gasteiger partial charge in [0, 0.05) is 27.9 Å². The number of carbonyl (C=O) groups is 2. The number of carbonyl (C=O) groups excluding carboxylic acids is 2. The molecule has 0 bridgehead atoms. The van der Waals surface area contributed by atoms with Crippen molar-refractivity contribution in [2.45, 2.75) is 32.5 Å². The van der Waals surface area contributed by atoms with Crippen molar-refractivity contribution < 1.29 is 36.7 Å². The van der Waals surface area contributed by atoms with Crippen LogP contribution in [0.15, 0.2) is 59.7 Å². The minimum atomic E-state index is -4.73. The van der Waals surface area contributed by atoms with Crippen molar-refractivity contribution in [3.05, 3.63) is 87.3 Å². The number of alkyl halides is 3. The lowest BCUT2D eigenvalue weighted by molar-refractivity contribution is -0.141. The predicted octanol–water partition coefficient (Wildman–Crippen LogP) is 5.19. The standard InChI is InChI=1S/C28H25ClF4N6O5/c1-4-21(27(42)34-16-7-8-17(20(30)11-16)26(41)36-44-5-2)38-13-23(43-3)19(12-25(38)40)18-10-15(29)6-9-22(18)39-14-24(35-37-39)28(31,32)33/h6-14,21H,4-5H2,1-3H3,(H,34,42)(H,36,41)/t21-/m0/s1. The zero-order valence-electron chi connectivity index (χ0n) is 23.4. The Balaban J connectivity index is 1.68. The van der Waals surface area contributed by atoms with Gasteiger partial charge in [0.05, 0.1) is 37.4 Å². The largest absolute Gasteiger partial charge is 0.495 e. The summed E-state index contributed by atoms with van der Waals surface area (Å²) in [7, 11) is 1.31. The number of benzene rings is 2. The molecule has 0 saturated heterocycles. The Morgan fingerprint density at radius 3 is 2.43 bits per heavy atom. The molecule has 0 aliphatic heterocycles. The Labute approximate surface area is 252 Å². The van der Waals surface area contributed by atoms with Crippen LogP contribution in [0.25, 0.3) is 16.8 Å². The van der Waals surface area contributed by atoms with Gasteiger partial charge in [-0.05, 0) is 49.7 Å². The first-order chi connectivity index (χ1) is 20.9. The van der Waals surface area contributed by atoms with Gasteiger partial charge in [-0.15, -0.1) is 5.10 Å². The second-order valence-corrected chi connectivity index (χ2v) is 9.62. The highest BCUT2D eigenvalue weighted by Gasteiger charge is 2.35. The summed E-state index contributed by atoms with van der Waals surface area (Å²) in [6, 6.07) is 7.76. The average molecular weight is 637 g/mol. The van der Waals surface area contributed by atoms with Crippen LogP contribution in [-0.2, 0) is 15.8 Å². The van der Waals surface area contributed by atoms with Gasteiger partial charge in [0.25, 0.3) is 11.5 Å². The van der Waals surface area contributed by atoms with E-state index in [0.717, 1.165) is 21.4 Å². The zero-order valence-corrected chi connectivity index (χ0v) is 24.2. The lowest BCUT2D eigenvalue weighted by Crippen LogP contribution is -2.32. The molecule has 0 unspecified atom stereocenters. The van der Waals surface area contributed by atoms with Crippen LogP contribution in [0.1, 0.15) is 42.4 Å². The molecular weight excluding hydrogens is 612 g/mol. The summed E-state index contributed by atoms with van der Waals surface area (Å²) in [5.74, 6) is -2.30. The highest BCUT2D eigenvalue weighted by molar-refractivity contribution is 6.31. The van der Waals surface area contributed by atoms with Crippen LogP contribution in [0.3, 0.4) is 0 Å². The fraction of sp³-hybridized carbons (Fsp3) is 0.250. The Bertz CT molecular complexity index is 1760. The third-order valence-corrected chi connectivity index (χ3v) is 6.59. The molecule has 0 aliphatic rings. The number of pyridine rings is 1. The third kappa shape index (κ3) is 6.89. The second-order valence-electron chi connectivity index (χ2n) is 9.18.